The molecule has 0 radical (unpaired) electrons. The molecule has 1 atom stereocenters. The maximum absolute atomic E-state index is 15.2. The van der Waals surface area contributed by atoms with E-state index in [0.29, 0.717) is 30.8 Å². The van der Waals surface area contributed by atoms with Crippen molar-refractivity contribution in [2.75, 3.05) is 18.0 Å². The molecule has 1 saturated carbocycles. The number of aryl methyl sites for hydroxylation is 2. The van der Waals surface area contributed by atoms with Crippen LogP contribution in [0.2, 0.25) is 0 Å². The Hall–Kier alpha value is -3.80. The Bertz CT molecular complexity index is 1660. The van der Waals surface area contributed by atoms with Gasteiger partial charge < -0.3 is 9.64 Å². The highest BCUT2D eigenvalue weighted by atomic mass is 19.4. The second kappa shape index (κ2) is 8.87. The number of ether oxygens (including phenoxy) is 1. The van der Waals surface area contributed by atoms with Crippen LogP contribution in [0.15, 0.2) is 41.5 Å². The molecule has 1 aromatic carbocycles. The summed E-state index contributed by atoms with van der Waals surface area (Å²) in [4.78, 5) is 24.5. The van der Waals surface area contributed by atoms with Crippen molar-refractivity contribution in [2.24, 2.45) is 14.1 Å². The number of morpholine rings is 1. The van der Waals surface area contributed by atoms with E-state index in [2.05, 4.69) is 10.1 Å². The first-order chi connectivity index (χ1) is 18.4. The van der Waals surface area contributed by atoms with Crippen molar-refractivity contribution in [1.82, 2.24) is 24.3 Å². The van der Waals surface area contributed by atoms with Crippen LogP contribution in [0.25, 0.3) is 22.2 Å². The third-order valence-electron chi connectivity index (χ3n) is 7.77. The minimum atomic E-state index is -4.70. The zero-order valence-corrected chi connectivity index (χ0v) is 21.6. The molecule has 3 aromatic heterocycles. The van der Waals surface area contributed by atoms with Crippen LogP contribution >= 0.6 is 0 Å². The number of benzene rings is 1. The lowest BCUT2D eigenvalue weighted by molar-refractivity contribution is -0.150. The number of hydrogen-bond donors (Lipinski definition) is 0. The lowest BCUT2D eigenvalue weighted by Gasteiger charge is -2.51. The van der Waals surface area contributed by atoms with E-state index in [1.165, 1.54) is 4.57 Å². The SMILES string of the molecule is Cc1nc2c(-c3ccc(C(F)(F)F)cc3F)nc(N3C[C@@H](c4cnn(C)c4)OC4(CCC4)C3)cc2c(=O)n1C. The summed E-state index contributed by atoms with van der Waals surface area (Å²) in [5, 5.41) is 4.47. The summed E-state index contributed by atoms with van der Waals surface area (Å²) in [7, 11) is 3.41. The topological polar surface area (TPSA) is 78.1 Å². The molecule has 4 heterocycles. The minimum Gasteiger partial charge on any atom is -0.363 e. The molecule has 39 heavy (non-hydrogen) atoms. The van der Waals surface area contributed by atoms with Gasteiger partial charge in [-0.3, -0.25) is 14.0 Å². The molecule has 12 heteroatoms. The van der Waals surface area contributed by atoms with Crippen molar-refractivity contribution in [3.8, 4) is 11.3 Å². The van der Waals surface area contributed by atoms with E-state index in [1.807, 2.05) is 18.1 Å². The van der Waals surface area contributed by atoms with Crippen LogP contribution in [-0.2, 0) is 25.0 Å². The number of fused-ring (bicyclic) bond motifs is 1. The molecule has 2 fully saturated rings. The molecule has 204 valence electrons. The van der Waals surface area contributed by atoms with Gasteiger partial charge in [0.2, 0.25) is 0 Å². The number of alkyl halides is 3. The average Bonchev–Trinajstić information content (AvgIpc) is 3.31. The van der Waals surface area contributed by atoms with Crippen molar-refractivity contribution >= 4 is 16.7 Å². The van der Waals surface area contributed by atoms with Gasteiger partial charge in [-0.15, -0.1) is 0 Å². The first kappa shape index (κ1) is 25.5. The predicted molar refractivity (Wildman–Crippen MR) is 136 cm³/mol. The summed E-state index contributed by atoms with van der Waals surface area (Å²) in [6, 6.07) is 3.93. The Morgan fingerprint density at radius 2 is 1.90 bits per heavy atom. The lowest BCUT2D eigenvalue weighted by Crippen LogP contribution is -2.56. The molecule has 0 unspecified atom stereocenters. The quantitative estimate of drug-likeness (QED) is 0.350. The fourth-order valence-electron chi connectivity index (χ4n) is 5.39. The average molecular weight is 543 g/mol. The van der Waals surface area contributed by atoms with Gasteiger partial charge in [-0.05, 0) is 50.5 Å². The molecular weight excluding hydrogens is 516 g/mol. The van der Waals surface area contributed by atoms with Gasteiger partial charge in [-0.1, -0.05) is 0 Å². The predicted octanol–water partition coefficient (Wildman–Crippen LogP) is 4.70. The van der Waals surface area contributed by atoms with Gasteiger partial charge in [0.1, 0.15) is 34.8 Å². The largest absolute Gasteiger partial charge is 0.416 e. The van der Waals surface area contributed by atoms with Crippen LogP contribution < -0.4 is 10.5 Å². The molecule has 1 aliphatic heterocycles. The van der Waals surface area contributed by atoms with Gasteiger partial charge in [-0.2, -0.15) is 18.3 Å². The van der Waals surface area contributed by atoms with Crippen molar-refractivity contribution in [3.05, 3.63) is 69.8 Å². The number of aromatic nitrogens is 5. The van der Waals surface area contributed by atoms with Gasteiger partial charge in [0, 0.05) is 38.0 Å². The molecule has 0 amide bonds. The van der Waals surface area contributed by atoms with Gasteiger partial charge >= 0.3 is 6.18 Å². The van der Waals surface area contributed by atoms with Crippen LogP contribution in [0.3, 0.4) is 0 Å². The summed E-state index contributed by atoms with van der Waals surface area (Å²) in [5.41, 5.74) is -0.975. The summed E-state index contributed by atoms with van der Waals surface area (Å²) in [5.74, 6) is -0.323. The van der Waals surface area contributed by atoms with Crippen LogP contribution in [0.1, 0.15) is 42.3 Å². The lowest BCUT2D eigenvalue weighted by atomic mass is 9.78. The Morgan fingerprint density at radius 1 is 1.13 bits per heavy atom. The molecule has 0 bridgehead atoms. The summed E-state index contributed by atoms with van der Waals surface area (Å²) >= 11 is 0. The molecule has 4 aromatic rings. The third kappa shape index (κ3) is 4.36. The minimum absolute atomic E-state index is 0.0154. The Labute approximate surface area is 220 Å². The maximum atomic E-state index is 15.2. The molecular formula is C27H26F4N6O2. The van der Waals surface area contributed by atoms with E-state index in [1.54, 1.807) is 30.9 Å². The zero-order chi connectivity index (χ0) is 27.7. The van der Waals surface area contributed by atoms with Crippen LogP contribution in [-0.4, -0.2) is 43.0 Å². The molecule has 1 spiro atoms. The van der Waals surface area contributed by atoms with Gasteiger partial charge in [-0.25, -0.2) is 14.4 Å². The van der Waals surface area contributed by atoms with Gasteiger partial charge in [0.05, 0.1) is 29.3 Å². The van der Waals surface area contributed by atoms with Crippen LogP contribution in [0.4, 0.5) is 23.4 Å². The van der Waals surface area contributed by atoms with E-state index < -0.39 is 23.2 Å². The van der Waals surface area contributed by atoms with Gasteiger partial charge in [0.25, 0.3) is 5.56 Å². The fourth-order valence-corrected chi connectivity index (χ4v) is 5.39. The molecule has 8 nitrogen and oxygen atoms in total. The third-order valence-corrected chi connectivity index (χ3v) is 7.77. The highest BCUT2D eigenvalue weighted by Gasteiger charge is 2.46. The summed E-state index contributed by atoms with van der Waals surface area (Å²) in [6.07, 6.45) is 1.36. The second-order valence-electron chi connectivity index (χ2n) is 10.4. The number of nitrogens with zero attached hydrogens (tertiary/aromatic N) is 6. The summed E-state index contributed by atoms with van der Waals surface area (Å²) in [6.45, 7) is 2.54. The number of anilines is 1. The first-order valence-corrected chi connectivity index (χ1v) is 12.6. The molecule has 0 N–H and O–H groups in total. The number of hydrogen-bond acceptors (Lipinski definition) is 6. The van der Waals surface area contributed by atoms with Crippen molar-refractivity contribution in [2.45, 2.75) is 44.1 Å². The van der Waals surface area contributed by atoms with E-state index in [-0.39, 0.29) is 33.8 Å². The van der Waals surface area contributed by atoms with Crippen LogP contribution in [0, 0.1) is 12.7 Å². The number of pyridine rings is 1. The Morgan fingerprint density at radius 3 is 2.51 bits per heavy atom. The van der Waals surface area contributed by atoms with Crippen molar-refractivity contribution in [3.63, 3.8) is 0 Å². The molecule has 6 rings (SSSR count). The van der Waals surface area contributed by atoms with Crippen LogP contribution in [0.5, 0.6) is 0 Å². The second-order valence-corrected chi connectivity index (χ2v) is 10.4. The Kier molecular flexibility index (Phi) is 5.79. The zero-order valence-electron chi connectivity index (χ0n) is 21.6. The molecule has 1 saturated heterocycles. The van der Waals surface area contributed by atoms with Crippen molar-refractivity contribution in [1.29, 1.82) is 0 Å². The van der Waals surface area contributed by atoms with Crippen molar-refractivity contribution < 1.29 is 22.3 Å². The van der Waals surface area contributed by atoms with E-state index in [9.17, 15) is 18.0 Å². The highest BCUT2D eigenvalue weighted by Crippen LogP contribution is 2.45. The molecule has 2 aliphatic rings. The first-order valence-electron chi connectivity index (χ1n) is 12.6. The highest BCUT2D eigenvalue weighted by molar-refractivity contribution is 5.93. The normalized spacial score (nSPS) is 19.1. The number of rotatable bonds is 3. The molecule has 1 aliphatic carbocycles. The smallest absolute Gasteiger partial charge is 0.363 e. The summed E-state index contributed by atoms with van der Waals surface area (Å²) < 4.78 is 64.5. The number of halogens is 4. The van der Waals surface area contributed by atoms with E-state index in [0.717, 1.165) is 37.0 Å². The Balaban J connectivity index is 1.52. The van der Waals surface area contributed by atoms with E-state index >= 15 is 4.39 Å². The monoisotopic (exact) mass is 542 g/mol. The fraction of sp³-hybridized carbons (Fsp3) is 0.407. The maximum Gasteiger partial charge on any atom is 0.416 e. The van der Waals surface area contributed by atoms with Gasteiger partial charge in [0.15, 0.2) is 0 Å². The van der Waals surface area contributed by atoms with E-state index in [4.69, 9.17) is 9.72 Å². The standard InChI is InChI=1S/C27H26F4N6O2/c1-15-33-24-19(25(38)36(15)3)10-22(34-23(24)18-6-5-17(9-20(18)28)27(29,30)31)37-13-21(16-11-32-35(2)12-16)39-26(14-37)7-4-8-26/h5-6,9-12,21H,4,7-8,13-14H2,1-3H3/t21-/m0/s1.